The summed E-state index contributed by atoms with van der Waals surface area (Å²) in [6, 6.07) is 0.900. The first-order valence-corrected chi connectivity index (χ1v) is 8.08. The molecular weight excluding hydrogens is 206 g/mol. The van der Waals surface area contributed by atoms with Gasteiger partial charge in [-0.3, -0.25) is 0 Å². The Labute approximate surface area is 108 Å². The first kappa shape index (κ1) is 13.4. The van der Waals surface area contributed by atoms with E-state index in [1.54, 1.807) is 0 Å². The van der Waals surface area contributed by atoms with E-state index in [2.05, 4.69) is 12.2 Å². The van der Waals surface area contributed by atoms with Gasteiger partial charge in [0.2, 0.25) is 0 Å². The summed E-state index contributed by atoms with van der Waals surface area (Å²) in [4.78, 5) is 0. The molecule has 0 spiro atoms. The third-order valence-corrected chi connectivity index (χ3v) is 4.82. The predicted octanol–water partition coefficient (Wildman–Crippen LogP) is 4.66. The van der Waals surface area contributed by atoms with Crippen LogP contribution < -0.4 is 5.32 Å². The molecule has 0 atom stereocenters. The number of unbranched alkanes of at least 4 members (excludes halogenated alkanes) is 5. The second kappa shape index (κ2) is 6.78. The van der Waals surface area contributed by atoms with Crippen molar-refractivity contribution in [1.82, 2.24) is 5.32 Å². The van der Waals surface area contributed by atoms with Crippen molar-refractivity contribution in [3.63, 3.8) is 0 Å². The third-order valence-electron chi connectivity index (χ3n) is 4.82. The van der Waals surface area contributed by atoms with E-state index in [0.29, 0.717) is 0 Å². The van der Waals surface area contributed by atoms with E-state index >= 15 is 0 Å². The second-order valence-corrected chi connectivity index (χ2v) is 6.53. The van der Waals surface area contributed by atoms with Gasteiger partial charge in [0.05, 0.1) is 0 Å². The van der Waals surface area contributed by atoms with E-state index in [0.717, 1.165) is 11.5 Å². The van der Waals surface area contributed by atoms with E-state index in [-0.39, 0.29) is 0 Å². The summed E-state index contributed by atoms with van der Waals surface area (Å²) in [5.74, 6) is 0. The molecule has 0 aromatic rings. The van der Waals surface area contributed by atoms with Crippen molar-refractivity contribution in [1.29, 1.82) is 0 Å². The SMILES string of the molecule is CCCCCCCCC1(CNC2CC2)CCC1. The fourth-order valence-electron chi connectivity index (χ4n) is 3.12. The fraction of sp³-hybridized carbons (Fsp3) is 1.00. The van der Waals surface area contributed by atoms with Crippen molar-refractivity contribution in [2.45, 2.75) is 90.0 Å². The van der Waals surface area contributed by atoms with Crippen molar-refractivity contribution in [3.8, 4) is 0 Å². The molecule has 0 amide bonds. The normalized spacial score (nSPS) is 22.4. The Bertz CT molecular complexity index is 204. The third kappa shape index (κ3) is 4.62. The highest BCUT2D eigenvalue weighted by Crippen LogP contribution is 2.45. The largest absolute Gasteiger partial charge is 0.313 e. The van der Waals surface area contributed by atoms with Gasteiger partial charge in [-0.25, -0.2) is 0 Å². The molecule has 1 nitrogen and oxygen atoms in total. The Morgan fingerprint density at radius 3 is 2.29 bits per heavy atom. The maximum absolute atomic E-state index is 3.76. The number of hydrogen-bond donors (Lipinski definition) is 1. The Morgan fingerprint density at radius 1 is 1.00 bits per heavy atom. The molecule has 2 aliphatic rings. The van der Waals surface area contributed by atoms with Crippen LogP contribution >= 0.6 is 0 Å². The standard InChI is InChI=1S/C16H31N/c1-2-3-4-5-6-7-11-16(12-8-13-16)14-17-15-9-10-15/h15,17H,2-14H2,1H3. The van der Waals surface area contributed by atoms with Gasteiger partial charge in [-0.2, -0.15) is 0 Å². The molecule has 0 heterocycles. The topological polar surface area (TPSA) is 12.0 Å². The van der Waals surface area contributed by atoms with Crippen LogP contribution in [0, 0.1) is 5.41 Å². The molecule has 0 aromatic heterocycles. The summed E-state index contributed by atoms with van der Waals surface area (Å²) in [6.45, 7) is 3.62. The molecule has 0 radical (unpaired) electrons. The molecule has 0 bridgehead atoms. The van der Waals surface area contributed by atoms with Gasteiger partial charge in [0, 0.05) is 12.6 Å². The minimum atomic E-state index is 0.730. The first-order chi connectivity index (χ1) is 8.35. The van der Waals surface area contributed by atoms with Crippen LogP contribution in [0.25, 0.3) is 0 Å². The zero-order valence-electron chi connectivity index (χ0n) is 11.8. The lowest BCUT2D eigenvalue weighted by Crippen LogP contribution is -2.40. The molecule has 2 rings (SSSR count). The van der Waals surface area contributed by atoms with Gasteiger partial charge in [0.1, 0.15) is 0 Å². The Hall–Kier alpha value is -0.0400. The van der Waals surface area contributed by atoms with Crippen LogP contribution in [0.1, 0.15) is 84.0 Å². The highest BCUT2D eigenvalue weighted by Gasteiger charge is 2.37. The maximum Gasteiger partial charge on any atom is 0.00684 e. The van der Waals surface area contributed by atoms with Crippen molar-refractivity contribution in [2.24, 2.45) is 5.41 Å². The van der Waals surface area contributed by atoms with Crippen LogP contribution in [0.5, 0.6) is 0 Å². The van der Waals surface area contributed by atoms with Crippen LogP contribution in [0.3, 0.4) is 0 Å². The summed E-state index contributed by atoms with van der Waals surface area (Å²) in [5.41, 5.74) is 0.730. The molecule has 1 heteroatoms. The quantitative estimate of drug-likeness (QED) is 0.545. The highest BCUT2D eigenvalue weighted by molar-refractivity contribution is 4.92. The van der Waals surface area contributed by atoms with Gasteiger partial charge in [0.25, 0.3) is 0 Å². The molecule has 2 aliphatic carbocycles. The highest BCUT2D eigenvalue weighted by atomic mass is 15.0. The average molecular weight is 237 g/mol. The monoisotopic (exact) mass is 237 g/mol. The Balaban J connectivity index is 1.51. The summed E-state index contributed by atoms with van der Waals surface area (Å²) in [6.07, 6.45) is 17.6. The summed E-state index contributed by atoms with van der Waals surface area (Å²) in [5, 5.41) is 3.76. The minimum Gasteiger partial charge on any atom is -0.313 e. The molecule has 0 aliphatic heterocycles. The molecule has 0 unspecified atom stereocenters. The molecular formula is C16H31N. The zero-order valence-corrected chi connectivity index (χ0v) is 11.8. The lowest BCUT2D eigenvalue weighted by atomic mass is 9.65. The molecule has 17 heavy (non-hydrogen) atoms. The van der Waals surface area contributed by atoms with E-state index in [1.165, 1.54) is 83.6 Å². The number of nitrogens with one attached hydrogen (secondary N) is 1. The van der Waals surface area contributed by atoms with E-state index in [9.17, 15) is 0 Å². The van der Waals surface area contributed by atoms with Crippen LogP contribution in [-0.2, 0) is 0 Å². The summed E-state index contributed by atoms with van der Waals surface area (Å²) in [7, 11) is 0. The predicted molar refractivity (Wildman–Crippen MR) is 75.3 cm³/mol. The van der Waals surface area contributed by atoms with Crippen LogP contribution in [0.4, 0.5) is 0 Å². The molecule has 0 aromatic carbocycles. The average Bonchev–Trinajstić information content (AvgIpc) is 3.09. The lowest BCUT2D eigenvalue weighted by Gasteiger charge is -2.42. The lowest BCUT2D eigenvalue weighted by molar-refractivity contribution is 0.112. The molecule has 100 valence electrons. The first-order valence-electron chi connectivity index (χ1n) is 8.08. The van der Waals surface area contributed by atoms with Crippen molar-refractivity contribution in [2.75, 3.05) is 6.54 Å². The van der Waals surface area contributed by atoms with E-state index in [1.807, 2.05) is 0 Å². The second-order valence-electron chi connectivity index (χ2n) is 6.53. The fourth-order valence-corrected chi connectivity index (χ4v) is 3.12. The van der Waals surface area contributed by atoms with Crippen LogP contribution in [0.2, 0.25) is 0 Å². The van der Waals surface area contributed by atoms with Crippen molar-refractivity contribution >= 4 is 0 Å². The number of rotatable bonds is 10. The number of hydrogen-bond acceptors (Lipinski definition) is 1. The summed E-state index contributed by atoms with van der Waals surface area (Å²) < 4.78 is 0. The van der Waals surface area contributed by atoms with Gasteiger partial charge >= 0.3 is 0 Å². The summed E-state index contributed by atoms with van der Waals surface area (Å²) >= 11 is 0. The maximum atomic E-state index is 3.76. The molecule has 1 N–H and O–H groups in total. The van der Waals surface area contributed by atoms with Gasteiger partial charge < -0.3 is 5.32 Å². The smallest absolute Gasteiger partial charge is 0.00684 e. The van der Waals surface area contributed by atoms with Gasteiger partial charge in [-0.05, 0) is 37.5 Å². The van der Waals surface area contributed by atoms with Crippen molar-refractivity contribution < 1.29 is 0 Å². The molecule has 2 saturated carbocycles. The van der Waals surface area contributed by atoms with Gasteiger partial charge in [0.15, 0.2) is 0 Å². The van der Waals surface area contributed by atoms with Crippen molar-refractivity contribution in [3.05, 3.63) is 0 Å². The van der Waals surface area contributed by atoms with Crippen LogP contribution in [-0.4, -0.2) is 12.6 Å². The van der Waals surface area contributed by atoms with E-state index in [4.69, 9.17) is 0 Å². The molecule has 2 fully saturated rings. The van der Waals surface area contributed by atoms with Gasteiger partial charge in [-0.1, -0.05) is 51.9 Å². The molecule has 0 saturated heterocycles. The Kier molecular flexibility index (Phi) is 5.34. The van der Waals surface area contributed by atoms with E-state index < -0.39 is 0 Å². The minimum absolute atomic E-state index is 0.730. The Morgan fingerprint density at radius 2 is 1.71 bits per heavy atom. The van der Waals surface area contributed by atoms with Gasteiger partial charge in [-0.15, -0.1) is 0 Å². The zero-order chi connectivity index (χ0) is 12.0. The van der Waals surface area contributed by atoms with Crippen LogP contribution in [0.15, 0.2) is 0 Å².